The summed E-state index contributed by atoms with van der Waals surface area (Å²) in [6.45, 7) is 4.48. The Morgan fingerprint density at radius 1 is 1.42 bits per heavy atom. The highest BCUT2D eigenvalue weighted by atomic mass is 35.5. The van der Waals surface area contributed by atoms with Crippen molar-refractivity contribution in [2.75, 3.05) is 20.6 Å². The second kappa shape index (κ2) is 6.26. The molecule has 106 valence electrons. The topological polar surface area (TPSA) is 55.6 Å². The predicted molar refractivity (Wildman–Crippen MR) is 77.8 cm³/mol. The van der Waals surface area contributed by atoms with Crippen LogP contribution in [-0.4, -0.2) is 37.0 Å². The van der Waals surface area contributed by atoms with Crippen molar-refractivity contribution in [1.82, 2.24) is 4.90 Å². The molecule has 1 aromatic carbocycles. The molecule has 0 spiro atoms. The molecule has 0 unspecified atom stereocenters. The van der Waals surface area contributed by atoms with Gasteiger partial charge in [0.05, 0.1) is 10.6 Å². The SMILES string of the molecule is CN(C)C(=O)c1ccc(OC(C)(C)CCN)cc1Cl. The van der Waals surface area contributed by atoms with Crippen molar-refractivity contribution in [1.29, 1.82) is 0 Å². The van der Waals surface area contributed by atoms with Crippen LogP contribution in [0, 0.1) is 0 Å². The van der Waals surface area contributed by atoms with E-state index in [0.29, 0.717) is 22.9 Å². The minimum Gasteiger partial charge on any atom is -0.488 e. The van der Waals surface area contributed by atoms with Crippen molar-refractivity contribution in [3.63, 3.8) is 0 Å². The van der Waals surface area contributed by atoms with Crippen LogP contribution >= 0.6 is 11.6 Å². The van der Waals surface area contributed by atoms with Crippen molar-refractivity contribution in [2.24, 2.45) is 5.73 Å². The van der Waals surface area contributed by atoms with E-state index < -0.39 is 0 Å². The Bertz CT molecular complexity index is 459. The minimum atomic E-state index is -0.356. The van der Waals surface area contributed by atoms with Crippen LogP contribution < -0.4 is 10.5 Å². The van der Waals surface area contributed by atoms with Crippen LogP contribution in [0.2, 0.25) is 5.02 Å². The average molecular weight is 285 g/mol. The van der Waals surface area contributed by atoms with Gasteiger partial charge in [-0.3, -0.25) is 4.79 Å². The number of carbonyl (C=O) groups is 1. The number of carbonyl (C=O) groups excluding carboxylic acids is 1. The molecule has 0 aliphatic heterocycles. The first kappa shape index (κ1) is 15.8. The maximum Gasteiger partial charge on any atom is 0.254 e. The van der Waals surface area contributed by atoms with E-state index in [0.717, 1.165) is 6.42 Å². The number of halogens is 1. The van der Waals surface area contributed by atoms with Gasteiger partial charge in [-0.1, -0.05) is 11.6 Å². The van der Waals surface area contributed by atoms with Gasteiger partial charge in [-0.05, 0) is 45.0 Å². The van der Waals surface area contributed by atoms with Crippen LogP contribution in [-0.2, 0) is 0 Å². The fraction of sp³-hybridized carbons (Fsp3) is 0.500. The van der Waals surface area contributed by atoms with E-state index in [1.165, 1.54) is 4.90 Å². The Kier molecular flexibility index (Phi) is 5.20. The van der Waals surface area contributed by atoms with Crippen molar-refractivity contribution in [3.05, 3.63) is 28.8 Å². The Morgan fingerprint density at radius 2 is 2.05 bits per heavy atom. The lowest BCUT2D eigenvalue weighted by atomic mass is 10.1. The fourth-order valence-corrected chi connectivity index (χ4v) is 1.94. The van der Waals surface area contributed by atoms with Crippen molar-refractivity contribution in [3.8, 4) is 5.75 Å². The second-order valence-corrected chi connectivity index (χ2v) is 5.65. The lowest BCUT2D eigenvalue weighted by molar-refractivity contribution is 0.0827. The van der Waals surface area contributed by atoms with Gasteiger partial charge in [-0.25, -0.2) is 0 Å². The van der Waals surface area contributed by atoms with Gasteiger partial charge >= 0.3 is 0 Å². The summed E-state index contributed by atoms with van der Waals surface area (Å²) < 4.78 is 5.83. The molecule has 19 heavy (non-hydrogen) atoms. The molecular formula is C14H21ClN2O2. The van der Waals surface area contributed by atoms with Gasteiger partial charge in [0.2, 0.25) is 0 Å². The van der Waals surface area contributed by atoms with Gasteiger partial charge in [0, 0.05) is 14.1 Å². The minimum absolute atomic E-state index is 0.127. The molecule has 0 bridgehead atoms. The lowest BCUT2D eigenvalue weighted by Gasteiger charge is -2.26. The Hall–Kier alpha value is -1.26. The molecule has 0 saturated carbocycles. The second-order valence-electron chi connectivity index (χ2n) is 5.24. The largest absolute Gasteiger partial charge is 0.488 e. The molecular weight excluding hydrogens is 264 g/mol. The van der Waals surface area contributed by atoms with Gasteiger partial charge in [0.1, 0.15) is 11.4 Å². The van der Waals surface area contributed by atoms with E-state index in [9.17, 15) is 4.79 Å². The number of amides is 1. The first-order valence-corrected chi connectivity index (χ1v) is 6.55. The third kappa shape index (κ3) is 4.40. The molecule has 1 rings (SSSR count). The molecule has 0 aliphatic rings. The highest BCUT2D eigenvalue weighted by Gasteiger charge is 2.20. The molecule has 0 saturated heterocycles. The zero-order valence-electron chi connectivity index (χ0n) is 11.9. The van der Waals surface area contributed by atoms with E-state index >= 15 is 0 Å². The highest BCUT2D eigenvalue weighted by molar-refractivity contribution is 6.34. The van der Waals surface area contributed by atoms with Crippen molar-refractivity contribution >= 4 is 17.5 Å². The molecule has 5 heteroatoms. The van der Waals surface area contributed by atoms with E-state index in [1.54, 1.807) is 32.3 Å². The summed E-state index contributed by atoms with van der Waals surface area (Å²) in [7, 11) is 3.38. The normalized spacial score (nSPS) is 11.3. The lowest BCUT2D eigenvalue weighted by Crippen LogP contribution is -2.31. The number of hydrogen-bond donors (Lipinski definition) is 1. The molecule has 1 aromatic rings. The standard InChI is InChI=1S/C14H21ClN2O2/c1-14(2,7-8-16)19-10-5-6-11(12(15)9-10)13(18)17(3)4/h5-6,9H,7-8,16H2,1-4H3. The third-order valence-electron chi connectivity index (χ3n) is 2.72. The molecule has 1 amide bonds. The average Bonchev–Trinajstić information content (AvgIpc) is 2.27. The van der Waals surface area contributed by atoms with E-state index in [1.807, 2.05) is 13.8 Å². The van der Waals surface area contributed by atoms with Gasteiger partial charge in [-0.15, -0.1) is 0 Å². The number of hydrogen-bond acceptors (Lipinski definition) is 3. The zero-order chi connectivity index (χ0) is 14.6. The summed E-state index contributed by atoms with van der Waals surface area (Å²) in [5, 5.41) is 0.389. The van der Waals surface area contributed by atoms with Gasteiger partial charge in [0.25, 0.3) is 5.91 Å². The summed E-state index contributed by atoms with van der Waals surface area (Å²) in [5.74, 6) is 0.511. The van der Waals surface area contributed by atoms with E-state index in [4.69, 9.17) is 22.1 Å². The van der Waals surface area contributed by atoms with Gasteiger partial charge in [-0.2, -0.15) is 0 Å². The predicted octanol–water partition coefficient (Wildman–Crippen LogP) is 2.55. The molecule has 2 N–H and O–H groups in total. The van der Waals surface area contributed by atoms with Crippen LogP contribution in [0.5, 0.6) is 5.75 Å². The highest BCUT2D eigenvalue weighted by Crippen LogP contribution is 2.27. The number of benzene rings is 1. The first-order valence-electron chi connectivity index (χ1n) is 6.17. The van der Waals surface area contributed by atoms with Crippen LogP contribution in [0.25, 0.3) is 0 Å². The summed E-state index contributed by atoms with van der Waals surface area (Å²) in [4.78, 5) is 13.3. The quantitative estimate of drug-likeness (QED) is 0.904. The Morgan fingerprint density at radius 3 is 2.53 bits per heavy atom. The van der Waals surface area contributed by atoms with Crippen LogP contribution in [0.15, 0.2) is 18.2 Å². The molecule has 0 fully saturated rings. The van der Waals surface area contributed by atoms with Crippen molar-refractivity contribution < 1.29 is 9.53 Å². The number of ether oxygens (including phenoxy) is 1. The molecule has 0 atom stereocenters. The Balaban J connectivity index is 2.91. The first-order chi connectivity index (χ1) is 8.76. The molecule has 0 aromatic heterocycles. The van der Waals surface area contributed by atoms with Crippen LogP contribution in [0.3, 0.4) is 0 Å². The van der Waals surface area contributed by atoms with Crippen LogP contribution in [0.1, 0.15) is 30.6 Å². The number of nitrogens with two attached hydrogens (primary N) is 1. The zero-order valence-corrected chi connectivity index (χ0v) is 12.6. The number of rotatable bonds is 5. The van der Waals surface area contributed by atoms with Crippen LogP contribution in [0.4, 0.5) is 0 Å². The molecule has 0 aliphatic carbocycles. The molecule has 0 radical (unpaired) electrons. The Labute approximate surface area is 119 Å². The maximum atomic E-state index is 11.8. The maximum absolute atomic E-state index is 11.8. The molecule has 0 heterocycles. The smallest absolute Gasteiger partial charge is 0.254 e. The summed E-state index contributed by atoms with van der Waals surface area (Å²) in [6.07, 6.45) is 0.739. The summed E-state index contributed by atoms with van der Waals surface area (Å²) >= 11 is 6.12. The third-order valence-corrected chi connectivity index (χ3v) is 3.03. The fourth-order valence-electron chi connectivity index (χ4n) is 1.69. The number of nitrogens with zero attached hydrogens (tertiary/aromatic N) is 1. The van der Waals surface area contributed by atoms with Crippen molar-refractivity contribution in [2.45, 2.75) is 25.9 Å². The summed E-state index contributed by atoms with van der Waals surface area (Å²) in [5.41, 5.74) is 5.65. The van der Waals surface area contributed by atoms with E-state index in [2.05, 4.69) is 0 Å². The van der Waals surface area contributed by atoms with E-state index in [-0.39, 0.29) is 11.5 Å². The van der Waals surface area contributed by atoms with Gasteiger partial charge < -0.3 is 15.4 Å². The molecule has 4 nitrogen and oxygen atoms in total. The monoisotopic (exact) mass is 284 g/mol. The van der Waals surface area contributed by atoms with Gasteiger partial charge in [0.15, 0.2) is 0 Å². The summed E-state index contributed by atoms with van der Waals surface area (Å²) in [6, 6.07) is 5.09.